The van der Waals surface area contributed by atoms with Crippen molar-refractivity contribution < 1.29 is 0 Å². The Bertz CT molecular complexity index is 255. The molecule has 0 spiro atoms. The van der Waals surface area contributed by atoms with Crippen LogP contribution in [0.4, 0.5) is 0 Å². The quantitative estimate of drug-likeness (QED) is 0.670. The molecule has 1 heteroatoms. The maximum absolute atomic E-state index is 4.23. The summed E-state index contributed by atoms with van der Waals surface area (Å²) in [7, 11) is 0. The van der Waals surface area contributed by atoms with Gasteiger partial charge in [0, 0.05) is 12.4 Å². The monoisotopic (exact) mass is 205 g/mol. The first-order chi connectivity index (χ1) is 7.29. The van der Waals surface area contributed by atoms with E-state index in [1.54, 1.807) is 0 Å². The van der Waals surface area contributed by atoms with Crippen molar-refractivity contribution in [3.8, 4) is 0 Å². The third kappa shape index (κ3) is 3.65. The third-order valence-electron chi connectivity index (χ3n) is 3.31. The first kappa shape index (κ1) is 12.2. The molecule has 1 aromatic heterocycles. The van der Waals surface area contributed by atoms with E-state index >= 15 is 0 Å². The van der Waals surface area contributed by atoms with Gasteiger partial charge in [0.15, 0.2) is 0 Å². The van der Waals surface area contributed by atoms with Crippen LogP contribution in [0.25, 0.3) is 0 Å². The summed E-state index contributed by atoms with van der Waals surface area (Å²) >= 11 is 0. The number of aromatic nitrogens is 1. The molecule has 2 unspecified atom stereocenters. The topological polar surface area (TPSA) is 12.9 Å². The van der Waals surface area contributed by atoms with E-state index in [2.05, 4.69) is 37.9 Å². The molecule has 0 aliphatic heterocycles. The maximum Gasteiger partial charge on any atom is 0.0302 e. The third-order valence-corrected chi connectivity index (χ3v) is 3.31. The largest absolute Gasteiger partial charge is 0.264 e. The highest BCUT2D eigenvalue weighted by atomic mass is 14.6. The van der Waals surface area contributed by atoms with E-state index in [0.29, 0.717) is 5.92 Å². The molecule has 0 N–H and O–H groups in total. The standard InChI is InChI=1S/C14H23N/c1-4-6-9-14(12(3)5-2)13-8-7-10-15-11-13/h7-8,10-12,14H,4-6,9H2,1-3H3. The van der Waals surface area contributed by atoms with Crippen molar-refractivity contribution in [3.63, 3.8) is 0 Å². The van der Waals surface area contributed by atoms with Crippen molar-refractivity contribution in [1.29, 1.82) is 0 Å². The van der Waals surface area contributed by atoms with Crippen LogP contribution < -0.4 is 0 Å². The van der Waals surface area contributed by atoms with Crippen LogP contribution in [0.2, 0.25) is 0 Å². The highest BCUT2D eigenvalue weighted by molar-refractivity contribution is 5.15. The molecule has 0 radical (unpaired) electrons. The van der Waals surface area contributed by atoms with E-state index in [9.17, 15) is 0 Å². The number of rotatable bonds is 6. The number of pyridine rings is 1. The first-order valence-corrected chi connectivity index (χ1v) is 6.19. The Labute approximate surface area is 93.9 Å². The van der Waals surface area contributed by atoms with Crippen LogP contribution in [-0.2, 0) is 0 Å². The molecule has 15 heavy (non-hydrogen) atoms. The van der Waals surface area contributed by atoms with Gasteiger partial charge in [-0.2, -0.15) is 0 Å². The van der Waals surface area contributed by atoms with Gasteiger partial charge in [-0.05, 0) is 29.9 Å². The predicted octanol–water partition coefficient (Wildman–Crippen LogP) is 4.40. The molecule has 1 rings (SSSR count). The normalized spacial score (nSPS) is 14.9. The average molecular weight is 205 g/mol. The molecule has 2 atom stereocenters. The number of nitrogens with zero attached hydrogens (tertiary/aromatic N) is 1. The van der Waals surface area contributed by atoms with Crippen LogP contribution in [0, 0.1) is 5.92 Å². The second kappa shape index (κ2) is 6.60. The smallest absolute Gasteiger partial charge is 0.0302 e. The van der Waals surface area contributed by atoms with Gasteiger partial charge in [-0.1, -0.05) is 46.1 Å². The van der Waals surface area contributed by atoms with Crippen molar-refractivity contribution in [3.05, 3.63) is 30.1 Å². The molecule has 0 aromatic carbocycles. The second-order valence-corrected chi connectivity index (χ2v) is 4.42. The van der Waals surface area contributed by atoms with Gasteiger partial charge in [0.1, 0.15) is 0 Å². The molecule has 1 nitrogen and oxygen atoms in total. The number of hydrogen-bond acceptors (Lipinski definition) is 1. The Kier molecular flexibility index (Phi) is 5.38. The zero-order chi connectivity index (χ0) is 11.1. The highest BCUT2D eigenvalue weighted by Gasteiger charge is 2.17. The fourth-order valence-electron chi connectivity index (χ4n) is 2.08. The lowest BCUT2D eigenvalue weighted by molar-refractivity contribution is 0.411. The second-order valence-electron chi connectivity index (χ2n) is 4.42. The van der Waals surface area contributed by atoms with Gasteiger partial charge in [0.05, 0.1) is 0 Å². The van der Waals surface area contributed by atoms with Crippen LogP contribution >= 0.6 is 0 Å². The Morgan fingerprint density at radius 1 is 1.33 bits per heavy atom. The fourth-order valence-corrected chi connectivity index (χ4v) is 2.08. The molecule has 0 aliphatic carbocycles. The van der Waals surface area contributed by atoms with Crippen molar-refractivity contribution in [2.45, 2.75) is 52.4 Å². The molecular formula is C14H23N. The predicted molar refractivity (Wildman–Crippen MR) is 66.0 cm³/mol. The Hall–Kier alpha value is -0.850. The summed E-state index contributed by atoms with van der Waals surface area (Å²) in [6, 6.07) is 4.27. The lowest BCUT2D eigenvalue weighted by atomic mass is 9.83. The minimum Gasteiger partial charge on any atom is -0.264 e. The molecule has 0 aliphatic rings. The Balaban J connectivity index is 2.72. The molecule has 0 amide bonds. The van der Waals surface area contributed by atoms with Crippen molar-refractivity contribution in [2.24, 2.45) is 5.92 Å². The van der Waals surface area contributed by atoms with Crippen LogP contribution in [0.1, 0.15) is 57.9 Å². The van der Waals surface area contributed by atoms with Crippen LogP contribution in [0.5, 0.6) is 0 Å². The van der Waals surface area contributed by atoms with E-state index in [0.717, 1.165) is 5.92 Å². The summed E-state index contributed by atoms with van der Waals surface area (Å²) < 4.78 is 0. The van der Waals surface area contributed by atoms with Crippen molar-refractivity contribution in [1.82, 2.24) is 4.98 Å². The molecule has 1 aromatic rings. The van der Waals surface area contributed by atoms with E-state index in [1.807, 2.05) is 12.4 Å². The number of unbranched alkanes of at least 4 members (excludes halogenated alkanes) is 1. The maximum atomic E-state index is 4.23. The highest BCUT2D eigenvalue weighted by Crippen LogP contribution is 2.31. The molecule has 1 heterocycles. The fraction of sp³-hybridized carbons (Fsp3) is 0.643. The molecule has 84 valence electrons. The zero-order valence-electron chi connectivity index (χ0n) is 10.2. The average Bonchev–Trinajstić information content (AvgIpc) is 2.30. The minimum atomic E-state index is 0.698. The number of hydrogen-bond donors (Lipinski definition) is 0. The van der Waals surface area contributed by atoms with Gasteiger partial charge in [0.2, 0.25) is 0 Å². The van der Waals surface area contributed by atoms with Gasteiger partial charge < -0.3 is 0 Å². The van der Waals surface area contributed by atoms with Crippen molar-refractivity contribution in [2.75, 3.05) is 0 Å². The van der Waals surface area contributed by atoms with Gasteiger partial charge in [-0.15, -0.1) is 0 Å². The summed E-state index contributed by atoms with van der Waals surface area (Å²) in [5, 5.41) is 0. The zero-order valence-corrected chi connectivity index (χ0v) is 10.2. The van der Waals surface area contributed by atoms with Gasteiger partial charge in [-0.25, -0.2) is 0 Å². The molecule has 0 saturated carbocycles. The summed E-state index contributed by atoms with van der Waals surface area (Å²) in [5.74, 6) is 1.46. The first-order valence-electron chi connectivity index (χ1n) is 6.19. The molecular weight excluding hydrogens is 182 g/mol. The summed E-state index contributed by atoms with van der Waals surface area (Å²) in [5.41, 5.74) is 1.42. The lowest BCUT2D eigenvalue weighted by Gasteiger charge is -2.22. The van der Waals surface area contributed by atoms with Crippen LogP contribution in [0.15, 0.2) is 24.5 Å². The Morgan fingerprint density at radius 3 is 2.67 bits per heavy atom. The van der Waals surface area contributed by atoms with E-state index in [-0.39, 0.29) is 0 Å². The van der Waals surface area contributed by atoms with Gasteiger partial charge in [-0.3, -0.25) is 4.98 Å². The molecule has 0 saturated heterocycles. The van der Waals surface area contributed by atoms with E-state index < -0.39 is 0 Å². The summed E-state index contributed by atoms with van der Waals surface area (Å²) in [4.78, 5) is 4.23. The minimum absolute atomic E-state index is 0.698. The molecule has 0 bridgehead atoms. The van der Waals surface area contributed by atoms with Gasteiger partial charge in [0.25, 0.3) is 0 Å². The van der Waals surface area contributed by atoms with E-state index in [1.165, 1.54) is 31.2 Å². The summed E-state index contributed by atoms with van der Waals surface area (Å²) in [6.07, 6.45) is 9.06. The van der Waals surface area contributed by atoms with Crippen LogP contribution in [0.3, 0.4) is 0 Å². The summed E-state index contributed by atoms with van der Waals surface area (Å²) in [6.45, 7) is 6.89. The molecule has 0 fully saturated rings. The SMILES string of the molecule is CCCCC(c1cccnc1)C(C)CC. The Morgan fingerprint density at radius 2 is 2.13 bits per heavy atom. The van der Waals surface area contributed by atoms with Gasteiger partial charge >= 0.3 is 0 Å². The van der Waals surface area contributed by atoms with Crippen molar-refractivity contribution >= 4 is 0 Å². The lowest BCUT2D eigenvalue weighted by Crippen LogP contribution is -2.09. The van der Waals surface area contributed by atoms with Crippen LogP contribution in [-0.4, -0.2) is 4.98 Å². The van der Waals surface area contributed by atoms with E-state index in [4.69, 9.17) is 0 Å².